The Balaban J connectivity index is 2.28. The summed E-state index contributed by atoms with van der Waals surface area (Å²) in [5, 5.41) is 13.0. The molecule has 0 radical (unpaired) electrons. The first-order chi connectivity index (χ1) is 8.70. The Morgan fingerprint density at radius 1 is 1.33 bits per heavy atom. The summed E-state index contributed by atoms with van der Waals surface area (Å²) in [5.74, 6) is 0.735. The third-order valence-corrected chi connectivity index (χ3v) is 3.03. The van der Waals surface area contributed by atoms with Crippen molar-refractivity contribution in [2.45, 2.75) is 13.3 Å². The van der Waals surface area contributed by atoms with Crippen molar-refractivity contribution in [1.29, 1.82) is 0 Å². The lowest BCUT2D eigenvalue weighted by Gasteiger charge is -1.98. The molecule has 0 aliphatic carbocycles. The molecule has 3 rings (SSSR count). The molecule has 3 aromatic rings. The second kappa shape index (κ2) is 4.06. The Bertz CT molecular complexity index is 713. The first-order valence-corrected chi connectivity index (χ1v) is 5.96. The fourth-order valence-electron chi connectivity index (χ4n) is 1.96. The molecule has 6 nitrogen and oxygen atoms in total. The summed E-state index contributed by atoms with van der Waals surface area (Å²) in [6.45, 7) is 2.06. The zero-order chi connectivity index (χ0) is 12.7. The molecular formula is C11H11ClN6. The Labute approximate surface area is 108 Å². The average molecular weight is 263 g/mol. The van der Waals surface area contributed by atoms with E-state index in [4.69, 9.17) is 11.6 Å². The van der Waals surface area contributed by atoms with Gasteiger partial charge < -0.3 is 0 Å². The van der Waals surface area contributed by atoms with Gasteiger partial charge in [-0.3, -0.25) is 9.08 Å². The van der Waals surface area contributed by atoms with Crippen molar-refractivity contribution in [1.82, 2.24) is 29.4 Å². The number of aryl methyl sites for hydroxylation is 2. The van der Waals surface area contributed by atoms with E-state index in [-0.39, 0.29) is 0 Å². The van der Waals surface area contributed by atoms with Crippen LogP contribution >= 0.6 is 11.6 Å². The third-order valence-electron chi connectivity index (χ3n) is 2.77. The van der Waals surface area contributed by atoms with Crippen LogP contribution in [0.15, 0.2) is 18.6 Å². The molecule has 0 aliphatic rings. The van der Waals surface area contributed by atoms with Gasteiger partial charge in [-0.25, -0.2) is 4.98 Å². The molecule has 0 aromatic carbocycles. The number of hydrogen-bond donors (Lipinski definition) is 0. The molecule has 0 fully saturated rings. The van der Waals surface area contributed by atoms with E-state index < -0.39 is 0 Å². The van der Waals surface area contributed by atoms with E-state index in [1.807, 2.05) is 17.6 Å². The highest BCUT2D eigenvalue weighted by molar-refractivity contribution is 6.32. The largest absolute Gasteiger partial charge is 0.278 e. The minimum absolute atomic E-state index is 0.346. The minimum Gasteiger partial charge on any atom is -0.278 e. The van der Waals surface area contributed by atoms with Crippen LogP contribution in [0.2, 0.25) is 5.15 Å². The first kappa shape index (κ1) is 11.2. The molecule has 7 heteroatoms. The Morgan fingerprint density at radius 3 is 2.94 bits per heavy atom. The van der Waals surface area contributed by atoms with Gasteiger partial charge in [0.25, 0.3) is 0 Å². The molecule has 0 unspecified atom stereocenters. The highest BCUT2D eigenvalue weighted by atomic mass is 35.5. The van der Waals surface area contributed by atoms with E-state index in [1.165, 1.54) is 0 Å². The summed E-state index contributed by atoms with van der Waals surface area (Å²) in [6, 6.07) is 0. The SMILES string of the molecule is CCc1nn(C)cc1-c1nnc2c(Cl)nccn12. The summed E-state index contributed by atoms with van der Waals surface area (Å²) in [4.78, 5) is 3.98. The van der Waals surface area contributed by atoms with Gasteiger partial charge in [-0.1, -0.05) is 18.5 Å². The maximum Gasteiger partial charge on any atom is 0.198 e. The molecule has 0 atom stereocenters. The summed E-state index contributed by atoms with van der Waals surface area (Å²) in [7, 11) is 1.89. The van der Waals surface area contributed by atoms with Gasteiger partial charge in [-0.05, 0) is 6.42 Å². The molecule has 0 bridgehead atoms. The van der Waals surface area contributed by atoms with Crippen LogP contribution in [0.1, 0.15) is 12.6 Å². The maximum atomic E-state index is 5.98. The lowest BCUT2D eigenvalue weighted by molar-refractivity contribution is 0.746. The zero-order valence-electron chi connectivity index (χ0n) is 10.0. The second-order valence-corrected chi connectivity index (χ2v) is 4.31. The molecule has 92 valence electrons. The van der Waals surface area contributed by atoms with Crippen molar-refractivity contribution in [2.24, 2.45) is 7.05 Å². The molecule has 0 spiro atoms. The molecule has 18 heavy (non-hydrogen) atoms. The fraction of sp³-hybridized carbons (Fsp3) is 0.273. The Morgan fingerprint density at radius 2 is 2.17 bits per heavy atom. The van der Waals surface area contributed by atoms with Crippen LogP contribution in [-0.2, 0) is 13.5 Å². The molecular weight excluding hydrogens is 252 g/mol. The summed E-state index contributed by atoms with van der Waals surface area (Å²) >= 11 is 5.98. The maximum absolute atomic E-state index is 5.98. The molecule has 3 heterocycles. The number of nitrogens with zero attached hydrogens (tertiary/aromatic N) is 6. The van der Waals surface area contributed by atoms with Gasteiger partial charge in [0, 0.05) is 25.6 Å². The molecule has 0 N–H and O–H groups in total. The van der Waals surface area contributed by atoms with E-state index in [9.17, 15) is 0 Å². The Kier molecular flexibility index (Phi) is 2.52. The predicted molar refractivity (Wildman–Crippen MR) is 67.4 cm³/mol. The van der Waals surface area contributed by atoms with Crippen LogP contribution in [0.5, 0.6) is 0 Å². The van der Waals surface area contributed by atoms with Crippen LogP contribution in [0.3, 0.4) is 0 Å². The topological polar surface area (TPSA) is 60.9 Å². The van der Waals surface area contributed by atoms with Crippen LogP contribution in [-0.4, -0.2) is 29.4 Å². The van der Waals surface area contributed by atoms with E-state index in [2.05, 4.69) is 27.2 Å². The van der Waals surface area contributed by atoms with Crippen molar-refractivity contribution in [2.75, 3.05) is 0 Å². The molecule has 0 aliphatic heterocycles. The number of rotatable bonds is 2. The normalized spacial score (nSPS) is 11.3. The van der Waals surface area contributed by atoms with E-state index in [0.717, 1.165) is 23.5 Å². The van der Waals surface area contributed by atoms with Crippen molar-refractivity contribution in [3.05, 3.63) is 29.4 Å². The van der Waals surface area contributed by atoms with Crippen LogP contribution in [0, 0.1) is 0 Å². The van der Waals surface area contributed by atoms with Crippen LogP contribution < -0.4 is 0 Å². The number of fused-ring (bicyclic) bond motifs is 1. The highest BCUT2D eigenvalue weighted by Gasteiger charge is 2.16. The fourth-order valence-corrected chi connectivity index (χ4v) is 2.15. The predicted octanol–water partition coefficient (Wildman–Crippen LogP) is 1.74. The lowest BCUT2D eigenvalue weighted by Crippen LogP contribution is -1.93. The number of halogens is 1. The van der Waals surface area contributed by atoms with Gasteiger partial charge >= 0.3 is 0 Å². The standard InChI is InChI=1S/C11H11ClN6/c1-3-8-7(6-17(2)16-8)10-14-15-11-9(12)13-4-5-18(10)11/h4-6H,3H2,1-2H3. The van der Waals surface area contributed by atoms with Gasteiger partial charge in [-0.15, -0.1) is 10.2 Å². The monoisotopic (exact) mass is 262 g/mol. The van der Waals surface area contributed by atoms with Gasteiger partial charge in [0.05, 0.1) is 11.3 Å². The van der Waals surface area contributed by atoms with Gasteiger partial charge in [0.1, 0.15) is 0 Å². The van der Waals surface area contributed by atoms with Crippen molar-refractivity contribution in [3.63, 3.8) is 0 Å². The zero-order valence-corrected chi connectivity index (χ0v) is 10.8. The molecule has 3 aromatic heterocycles. The number of hydrogen-bond acceptors (Lipinski definition) is 4. The van der Waals surface area contributed by atoms with Crippen molar-refractivity contribution >= 4 is 17.2 Å². The van der Waals surface area contributed by atoms with Gasteiger partial charge in [-0.2, -0.15) is 5.10 Å². The summed E-state index contributed by atoms with van der Waals surface area (Å²) in [6.07, 6.45) is 6.20. The van der Waals surface area contributed by atoms with E-state index in [0.29, 0.717) is 10.8 Å². The van der Waals surface area contributed by atoms with Crippen LogP contribution in [0.4, 0.5) is 0 Å². The van der Waals surface area contributed by atoms with E-state index in [1.54, 1.807) is 17.1 Å². The highest BCUT2D eigenvalue weighted by Crippen LogP contribution is 2.23. The quantitative estimate of drug-likeness (QED) is 0.706. The van der Waals surface area contributed by atoms with Crippen molar-refractivity contribution in [3.8, 4) is 11.4 Å². The van der Waals surface area contributed by atoms with Gasteiger partial charge in [0.15, 0.2) is 16.6 Å². The third kappa shape index (κ3) is 1.57. The Hall–Kier alpha value is -1.95. The smallest absolute Gasteiger partial charge is 0.198 e. The van der Waals surface area contributed by atoms with Gasteiger partial charge in [0.2, 0.25) is 0 Å². The second-order valence-electron chi connectivity index (χ2n) is 3.95. The summed E-state index contributed by atoms with van der Waals surface area (Å²) in [5.41, 5.74) is 2.51. The van der Waals surface area contributed by atoms with Crippen molar-refractivity contribution < 1.29 is 0 Å². The molecule has 0 amide bonds. The van der Waals surface area contributed by atoms with E-state index >= 15 is 0 Å². The minimum atomic E-state index is 0.346. The number of aromatic nitrogens is 6. The molecule has 0 saturated heterocycles. The van der Waals surface area contributed by atoms with Crippen LogP contribution in [0.25, 0.3) is 17.0 Å². The average Bonchev–Trinajstić information content (AvgIpc) is 2.93. The lowest BCUT2D eigenvalue weighted by atomic mass is 10.2. The summed E-state index contributed by atoms with van der Waals surface area (Å²) < 4.78 is 3.60. The molecule has 0 saturated carbocycles. The first-order valence-electron chi connectivity index (χ1n) is 5.59.